The average molecular weight is 616 g/mol. The second kappa shape index (κ2) is 11.7. The van der Waals surface area contributed by atoms with Gasteiger partial charge in [-0.05, 0) is 66.2 Å². The molecule has 0 aliphatic heterocycles. The molecule has 0 radical (unpaired) electrons. The Bertz CT molecular complexity index is 2500. The van der Waals surface area contributed by atoms with E-state index < -0.39 is 0 Å². The predicted molar refractivity (Wildman–Crippen MR) is 198 cm³/mol. The molecule has 0 aliphatic carbocycles. The molecule has 4 nitrogen and oxygen atoms in total. The first-order chi connectivity index (χ1) is 23.8. The molecule has 0 bridgehead atoms. The molecule has 0 N–H and O–H groups in total. The normalized spacial score (nSPS) is 11.3. The maximum absolute atomic E-state index is 6.69. The van der Waals surface area contributed by atoms with Crippen LogP contribution in [0, 0.1) is 0 Å². The molecule has 0 fully saturated rings. The molecule has 9 aromatic rings. The summed E-state index contributed by atoms with van der Waals surface area (Å²) in [6.07, 6.45) is 0. The molecule has 7 aromatic carbocycles. The summed E-state index contributed by atoms with van der Waals surface area (Å²) in [7, 11) is 0. The van der Waals surface area contributed by atoms with Crippen LogP contribution in [0.4, 0.5) is 17.1 Å². The van der Waals surface area contributed by atoms with Crippen molar-refractivity contribution >= 4 is 50.0 Å². The molecule has 2 heterocycles. The molecule has 0 amide bonds. The zero-order valence-corrected chi connectivity index (χ0v) is 26.0. The minimum absolute atomic E-state index is 0.832. The number of rotatable bonds is 6. The zero-order valence-electron chi connectivity index (χ0n) is 26.0. The van der Waals surface area contributed by atoms with Gasteiger partial charge in [-0.2, -0.15) is 0 Å². The number of hydrogen-bond donors (Lipinski definition) is 0. The number of anilines is 3. The number of furan rings is 1. The summed E-state index contributed by atoms with van der Waals surface area (Å²) in [4.78, 5) is 12.7. The van der Waals surface area contributed by atoms with E-state index in [0.717, 1.165) is 83.7 Å². The first-order valence-electron chi connectivity index (χ1n) is 16.1. The van der Waals surface area contributed by atoms with Gasteiger partial charge >= 0.3 is 0 Å². The lowest BCUT2D eigenvalue weighted by Crippen LogP contribution is -2.09. The third-order valence-corrected chi connectivity index (χ3v) is 8.86. The molecule has 0 atom stereocenters. The van der Waals surface area contributed by atoms with Crippen molar-refractivity contribution in [3.63, 3.8) is 0 Å². The van der Waals surface area contributed by atoms with Crippen molar-refractivity contribution in [2.75, 3.05) is 4.90 Å². The topological polar surface area (TPSA) is 42.2 Å². The Hall–Kier alpha value is -6.52. The second-order valence-electron chi connectivity index (χ2n) is 11.8. The van der Waals surface area contributed by atoms with E-state index in [2.05, 4.69) is 114 Å². The van der Waals surface area contributed by atoms with Crippen LogP contribution < -0.4 is 4.90 Å². The fourth-order valence-electron chi connectivity index (χ4n) is 6.63. The predicted octanol–water partition coefficient (Wildman–Crippen LogP) is 12.0. The van der Waals surface area contributed by atoms with E-state index in [-0.39, 0.29) is 0 Å². The van der Waals surface area contributed by atoms with Gasteiger partial charge in [0.05, 0.1) is 22.4 Å². The fraction of sp³-hybridized carbons (Fsp3) is 0. The Kier molecular flexibility index (Phi) is 6.76. The highest BCUT2D eigenvalue weighted by molar-refractivity contribution is 6.17. The number of hydrogen-bond acceptors (Lipinski definition) is 4. The quantitative estimate of drug-likeness (QED) is 0.187. The Morgan fingerprint density at radius 1 is 0.396 bits per heavy atom. The summed E-state index contributed by atoms with van der Waals surface area (Å²) < 4.78 is 6.69. The van der Waals surface area contributed by atoms with Gasteiger partial charge in [0.25, 0.3) is 0 Å². The van der Waals surface area contributed by atoms with Crippen LogP contribution in [-0.2, 0) is 0 Å². The smallest absolute Gasteiger partial charge is 0.143 e. The SMILES string of the molecule is c1ccc(-c2nc3ccccc3nc2-c2ccc(-c3ccc(N(c4ccccc4)c4ccccc4)cc3)c3oc4ccccc4c23)cc1. The monoisotopic (exact) mass is 615 g/mol. The summed E-state index contributed by atoms with van der Waals surface area (Å²) in [5, 5.41) is 2.08. The van der Waals surface area contributed by atoms with Gasteiger partial charge in [0.2, 0.25) is 0 Å². The van der Waals surface area contributed by atoms with Crippen LogP contribution >= 0.6 is 0 Å². The molecular formula is C44H29N3O. The van der Waals surface area contributed by atoms with Gasteiger partial charge in [0, 0.05) is 44.5 Å². The van der Waals surface area contributed by atoms with Crippen LogP contribution in [-0.4, -0.2) is 9.97 Å². The number of para-hydroxylation sites is 5. The van der Waals surface area contributed by atoms with Crippen LogP contribution in [0.15, 0.2) is 180 Å². The fourth-order valence-corrected chi connectivity index (χ4v) is 6.63. The van der Waals surface area contributed by atoms with Crippen molar-refractivity contribution in [2.45, 2.75) is 0 Å². The zero-order chi connectivity index (χ0) is 31.9. The largest absolute Gasteiger partial charge is 0.455 e. The number of nitrogens with zero attached hydrogens (tertiary/aromatic N) is 3. The summed E-state index contributed by atoms with van der Waals surface area (Å²) in [6, 6.07) is 60.6. The molecule has 0 unspecified atom stereocenters. The molecule has 48 heavy (non-hydrogen) atoms. The summed E-state index contributed by atoms with van der Waals surface area (Å²) >= 11 is 0. The lowest BCUT2D eigenvalue weighted by molar-refractivity contribution is 0.670. The molecule has 226 valence electrons. The Morgan fingerprint density at radius 2 is 0.917 bits per heavy atom. The molecule has 2 aromatic heterocycles. The Labute approximate surface area is 278 Å². The van der Waals surface area contributed by atoms with Gasteiger partial charge in [0.1, 0.15) is 11.2 Å². The van der Waals surface area contributed by atoms with Gasteiger partial charge in [-0.15, -0.1) is 0 Å². The van der Waals surface area contributed by atoms with Crippen LogP contribution in [0.1, 0.15) is 0 Å². The maximum Gasteiger partial charge on any atom is 0.143 e. The number of benzene rings is 7. The van der Waals surface area contributed by atoms with Gasteiger partial charge in [-0.25, -0.2) is 9.97 Å². The van der Waals surface area contributed by atoms with E-state index >= 15 is 0 Å². The van der Waals surface area contributed by atoms with Crippen LogP contribution in [0.5, 0.6) is 0 Å². The molecule has 0 aliphatic rings. The molecular weight excluding hydrogens is 587 g/mol. The van der Waals surface area contributed by atoms with Crippen molar-refractivity contribution in [1.82, 2.24) is 9.97 Å². The van der Waals surface area contributed by atoms with E-state index in [4.69, 9.17) is 14.4 Å². The molecule has 0 spiro atoms. The summed E-state index contributed by atoms with van der Waals surface area (Å²) in [5.74, 6) is 0. The lowest BCUT2D eigenvalue weighted by Gasteiger charge is -2.25. The highest BCUT2D eigenvalue weighted by atomic mass is 16.3. The first kappa shape index (κ1) is 27.8. The summed E-state index contributed by atoms with van der Waals surface area (Å²) in [5.41, 5.74) is 12.5. The van der Waals surface area contributed by atoms with Crippen LogP contribution in [0.3, 0.4) is 0 Å². The van der Waals surface area contributed by atoms with Crippen molar-refractivity contribution in [1.29, 1.82) is 0 Å². The van der Waals surface area contributed by atoms with Gasteiger partial charge in [0.15, 0.2) is 0 Å². The van der Waals surface area contributed by atoms with Gasteiger partial charge < -0.3 is 9.32 Å². The van der Waals surface area contributed by atoms with Crippen molar-refractivity contribution < 1.29 is 4.42 Å². The number of fused-ring (bicyclic) bond motifs is 4. The third-order valence-electron chi connectivity index (χ3n) is 8.86. The molecule has 0 saturated heterocycles. The lowest BCUT2D eigenvalue weighted by atomic mass is 9.94. The van der Waals surface area contributed by atoms with E-state index in [1.54, 1.807) is 0 Å². The summed E-state index contributed by atoms with van der Waals surface area (Å²) in [6.45, 7) is 0. The minimum Gasteiger partial charge on any atom is -0.455 e. The van der Waals surface area contributed by atoms with Gasteiger partial charge in [-0.1, -0.05) is 115 Å². The highest BCUT2D eigenvalue weighted by Crippen LogP contribution is 2.44. The van der Waals surface area contributed by atoms with Crippen LogP contribution in [0.25, 0.3) is 66.6 Å². The minimum atomic E-state index is 0.832. The van der Waals surface area contributed by atoms with E-state index in [9.17, 15) is 0 Å². The number of aromatic nitrogens is 2. The molecule has 9 rings (SSSR count). The maximum atomic E-state index is 6.69. The van der Waals surface area contributed by atoms with Crippen molar-refractivity contribution in [2.24, 2.45) is 0 Å². The van der Waals surface area contributed by atoms with Crippen molar-refractivity contribution in [3.8, 4) is 33.6 Å². The van der Waals surface area contributed by atoms with E-state index in [1.807, 2.05) is 66.7 Å². The average Bonchev–Trinajstić information content (AvgIpc) is 3.56. The van der Waals surface area contributed by atoms with Gasteiger partial charge in [-0.3, -0.25) is 0 Å². The van der Waals surface area contributed by atoms with Crippen LogP contribution in [0.2, 0.25) is 0 Å². The second-order valence-corrected chi connectivity index (χ2v) is 11.8. The standard InChI is InChI=1S/C44H29N3O/c1-4-14-31(15-5-1)42-43(46-39-22-12-11-21-38(39)45-42)37-29-28-35(44-41(37)36-20-10-13-23-40(36)48-44)30-24-26-34(27-25-30)47(32-16-6-2-7-17-32)33-18-8-3-9-19-33/h1-29H. The Morgan fingerprint density at radius 3 is 1.58 bits per heavy atom. The molecule has 4 heteroatoms. The van der Waals surface area contributed by atoms with Crippen molar-refractivity contribution in [3.05, 3.63) is 176 Å². The molecule has 0 saturated carbocycles. The van der Waals surface area contributed by atoms with E-state index in [1.165, 1.54) is 0 Å². The highest BCUT2D eigenvalue weighted by Gasteiger charge is 2.22. The van der Waals surface area contributed by atoms with E-state index in [0.29, 0.717) is 0 Å². The first-order valence-corrected chi connectivity index (χ1v) is 16.1. The Balaban J connectivity index is 1.23. The third kappa shape index (κ3) is 4.79.